The van der Waals surface area contributed by atoms with Gasteiger partial charge in [-0.05, 0) is 24.8 Å². The van der Waals surface area contributed by atoms with Gasteiger partial charge in [-0.15, -0.1) is 12.3 Å². The van der Waals surface area contributed by atoms with Gasteiger partial charge in [-0.2, -0.15) is 0 Å². The first-order chi connectivity index (χ1) is 6.58. The zero-order valence-electron chi connectivity index (χ0n) is 9.29. The van der Waals surface area contributed by atoms with E-state index in [1.54, 1.807) is 6.92 Å². The number of hydrogen-bond donors (Lipinski definition) is 1. The smallest absolute Gasteiger partial charge is 0.417 e. The SMILES string of the molecule is C#CC.CCSNC(=O)OCC(C)C. The molecule has 0 aromatic rings. The third-order valence-corrected chi connectivity index (χ3v) is 1.45. The lowest BCUT2D eigenvalue weighted by molar-refractivity contribution is 0.139. The number of ether oxygens (including phenoxy) is 1. The first-order valence-corrected chi connectivity index (χ1v) is 5.48. The normalized spacial score (nSPS) is 8.29. The lowest BCUT2D eigenvalue weighted by Crippen LogP contribution is -2.19. The molecule has 0 radical (unpaired) electrons. The van der Waals surface area contributed by atoms with Crippen molar-refractivity contribution in [2.24, 2.45) is 5.92 Å². The zero-order valence-corrected chi connectivity index (χ0v) is 10.1. The Balaban J connectivity index is 0. The third kappa shape index (κ3) is 17.3. The second-order valence-corrected chi connectivity index (χ2v) is 3.89. The molecule has 0 aliphatic heterocycles. The van der Waals surface area contributed by atoms with Crippen molar-refractivity contribution in [2.45, 2.75) is 27.7 Å². The molecule has 0 spiro atoms. The maximum absolute atomic E-state index is 10.8. The topological polar surface area (TPSA) is 38.3 Å². The Hall–Kier alpha value is -0.820. The van der Waals surface area contributed by atoms with Crippen molar-refractivity contribution in [1.29, 1.82) is 0 Å². The van der Waals surface area contributed by atoms with E-state index in [4.69, 9.17) is 4.74 Å². The minimum Gasteiger partial charge on any atom is -0.449 e. The summed E-state index contributed by atoms with van der Waals surface area (Å²) in [6, 6.07) is 0. The van der Waals surface area contributed by atoms with E-state index in [1.165, 1.54) is 11.9 Å². The molecule has 0 saturated carbocycles. The average Bonchev–Trinajstić information content (AvgIpc) is 2.12. The Morgan fingerprint density at radius 3 is 2.50 bits per heavy atom. The standard InChI is InChI=1S/C7H15NO2S.C3H4/c1-4-11-8-7(9)10-5-6(2)3;1-3-2/h6H,4-5H2,1-3H3,(H,8,9);1H,2H3. The number of hydrogen-bond acceptors (Lipinski definition) is 3. The number of amides is 1. The Labute approximate surface area is 91.1 Å². The molecule has 0 rings (SSSR count). The highest BCUT2D eigenvalue weighted by molar-refractivity contribution is 7.97. The molecule has 3 nitrogen and oxygen atoms in total. The summed E-state index contributed by atoms with van der Waals surface area (Å²) in [6.07, 6.45) is 4.26. The summed E-state index contributed by atoms with van der Waals surface area (Å²) >= 11 is 1.34. The fraction of sp³-hybridized carbons (Fsp3) is 0.700. The molecule has 0 aromatic heterocycles. The second kappa shape index (κ2) is 12.2. The van der Waals surface area contributed by atoms with Crippen molar-refractivity contribution in [3.05, 3.63) is 0 Å². The highest BCUT2D eigenvalue weighted by atomic mass is 32.2. The molecular weight excluding hydrogens is 198 g/mol. The van der Waals surface area contributed by atoms with Crippen LogP contribution in [0.5, 0.6) is 0 Å². The van der Waals surface area contributed by atoms with Gasteiger partial charge < -0.3 is 4.74 Å². The summed E-state index contributed by atoms with van der Waals surface area (Å²) in [5, 5.41) is 0. The van der Waals surface area contributed by atoms with Gasteiger partial charge in [0.25, 0.3) is 0 Å². The van der Waals surface area contributed by atoms with Gasteiger partial charge in [0.2, 0.25) is 0 Å². The van der Waals surface area contributed by atoms with E-state index in [9.17, 15) is 4.79 Å². The molecule has 0 aromatic carbocycles. The van der Waals surface area contributed by atoms with Crippen molar-refractivity contribution in [3.63, 3.8) is 0 Å². The number of rotatable bonds is 4. The maximum atomic E-state index is 10.8. The molecule has 0 heterocycles. The number of carbonyl (C=O) groups excluding carboxylic acids is 1. The van der Waals surface area contributed by atoms with Crippen LogP contribution in [-0.2, 0) is 4.74 Å². The molecule has 0 bridgehead atoms. The van der Waals surface area contributed by atoms with E-state index in [1.807, 2.05) is 20.8 Å². The first-order valence-electron chi connectivity index (χ1n) is 4.50. The Kier molecular flexibility index (Phi) is 13.6. The van der Waals surface area contributed by atoms with Crippen LogP contribution in [0.3, 0.4) is 0 Å². The van der Waals surface area contributed by atoms with E-state index in [2.05, 4.69) is 17.1 Å². The van der Waals surface area contributed by atoms with E-state index in [0.29, 0.717) is 12.5 Å². The van der Waals surface area contributed by atoms with Crippen molar-refractivity contribution < 1.29 is 9.53 Å². The molecule has 0 unspecified atom stereocenters. The van der Waals surface area contributed by atoms with Gasteiger partial charge in [0, 0.05) is 5.75 Å². The van der Waals surface area contributed by atoms with E-state index >= 15 is 0 Å². The van der Waals surface area contributed by atoms with Crippen molar-refractivity contribution in [3.8, 4) is 12.3 Å². The first kappa shape index (κ1) is 15.6. The van der Waals surface area contributed by atoms with Crippen LogP contribution in [0.1, 0.15) is 27.7 Å². The molecule has 14 heavy (non-hydrogen) atoms. The zero-order chi connectivity index (χ0) is 11.4. The number of terminal acetylenes is 1. The van der Waals surface area contributed by atoms with Crippen LogP contribution in [0, 0.1) is 18.3 Å². The van der Waals surface area contributed by atoms with E-state index < -0.39 is 0 Å². The molecule has 1 amide bonds. The van der Waals surface area contributed by atoms with Crippen LogP contribution in [0.15, 0.2) is 0 Å². The van der Waals surface area contributed by atoms with Gasteiger partial charge in [0.1, 0.15) is 0 Å². The third-order valence-electron chi connectivity index (χ3n) is 0.848. The largest absolute Gasteiger partial charge is 0.449 e. The summed E-state index contributed by atoms with van der Waals surface area (Å²) < 4.78 is 7.38. The van der Waals surface area contributed by atoms with Gasteiger partial charge in [0.15, 0.2) is 0 Å². The molecule has 82 valence electrons. The molecule has 0 fully saturated rings. The number of carbonyl (C=O) groups is 1. The van der Waals surface area contributed by atoms with Gasteiger partial charge >= 0.3 is 6.09 Å². The van der Waals surface area contributed by atoms with Crippen LogP contribution >= 0.6 is 11.9 Å². The summed E-state index contributed by atoms with van der Waals surface area (Å²) in [7, 11) is 0. The van der Waals surface area contributed by atoms with Crippen molar-refractivity contribution in [2.75, 3.05) is 12.4 Å². The quantitative estimate of drug-likeness (QED) is 0.581. The van der Waals surface area contributed by atoms with Crippen LogP contribution in [0.25, 0.3) is 0 Å². The molecule has 1 N–H and O–H groups in total. The molecule has 4 heteroatoms. The highest BCUT2D eigenvalue weighted by Crippen LogP contribution is 1.95. The van der Waals surface area contributed by atoms with Gasteiger partial charge in [-0.3, -0.25) is 4.72 Å². The van der Waals surface area contributed by atoms with Crippen LogP contribution < -0.4 is 4.72 Å². The minimum atomic E-state index is -0.342. The predicted molar refractivity (Wildman–Crippen MR) is 62.0 cm³/mol. The molecule has 0 aliphatic carbocycles. The van der Waals surface area contributed by atoms with Crippen LogP contribution in [0.4, 0.5) is 4.79 Å². The monoisotopic (exact) mass is 217 g/mol. The minimum absolute atomic E-state index is 0.342. The highest BCUT2D eigenvalue weighted by Gasteiger charge is 2.01. The van der Waals surface area contributed by atoms with Gasteiger partial charge in [0.05, 0.1) is 6.61 Å². The predicted octanol–water partition coefficient (Wildman–Crippen LogP) is 2.68. The fourth-order valence-electron chi connectivity index (χ4n) is 0.403. The second-order valence-electron chi connectivity index (χ2n) is 2.82. The van der Waals surface area contributed by atoms with E-state index in [-0.39, 0.29) is 6.09 Å². The summed E-state index contributed by atoms with van der Waals surface area (Å²) in [5.41, 5.74) is 0. The van der Waals surface area contributed by atoms with Crippen molar-refractivity contribution in [1.82, 2.24) is 4.72 Å². The lowest BCUT2D eigenvalue weighted by atomic mass is 10.2. The Morgan fingerprint density at radius 2 is 2.14 bits per heavy atom. The fourth-order valence-corrected chi connectivity index (χ4v) is 0.724. The molecule has 0 aliphatic rings. The summed E-state index contributed by atoms with van der Waals surface area (Å²) in [5.74, 6) is 3.50. The lowest BCUT2D eigenvalue weighted by Gasteiger charge is -2.06. The van der Waals surface area contributed by atoms with Crippen molar-refractivity contribution >= 4 is 18.0 Å². The molecular formula is C10H19NO2S. The van der Waals surface area contributed by atoms with Gasteiger partial charge in [-0.25, -0.2) is 4.79 Å². The summed E-state index contributed by atoms with van der Waals surface area (Å²) in [4.78, 5) is 10.8. The Bertz CT molecular complexity index is 175. The van der Waals surface area contributed by atoms with Crippen LogP contribution in [0.2, 0.25) is 0 Å². The summed E-state index contributed by atoms with van der Waals surface area (Å²) in [6.45, 7) is 8.10. The van der Waals surface area contributed by atoms with Gasteiger partial charge in [-0.1, -0.05) is 20.8 Å². The number of nitrogens with one attached hydrogen (secondary N) is 1. The molecule has 0 saturated heterocycles. The van der Waals surface area contributed by atoms with Crippen LogP contribution in [-0.4, -0.2) is 18.5 Å². The Morgan fingerprint density at radius 1 is 1.64 bits per heavy atom. The average molecular weight is 217 g/mol. The van der Waals surface area contributed by atoms with E-state index in [0.717, 1.165) is 5.75 Å². The molecule has 0 atom stereocenters. The maximum Gasteiger partial charge on any atom is 0.417 e.